The van der Waals surface area contributed by atoms with Crippen molar-refractivity contribution in [1.82, 2.24) is 14.9 Å². The van der Waals surface area contributed by atoms with E-state index in [9.17, 15) is 4.79 Å². The summed E-state index contributed by atoms with van der Waals surface area (Å²) in [5, 5.41) is 3.31. The van der Waals surface area contributed by atoms with Crippen molar-refractivity contribution in [2.75, 3.05) is 13.1 Å². The Bertz CT molecular complexity index is 339. The Balaban J connectivity index is 1.84. The number of rotatable bonds is 4. The Kier molecular flexibility index (Phi) is 3.16. The van der Waals surface area contributed by atoms with Crippen LogP contribution in [0, 0.1) is 5.92 Å². The van der Waals surface area contributed by atoms with Gasteiger partial charge < -0.3 is 9.88 Å². The predicted octanol–water partition coefficient (Wildman–Crippen LogP) is 0.992. The molecule has 1 aliphatic rings. The highest BCUT2D eigenvalue weighted by molar-refractivity contribution is 5.92. The number of aromatic nitrogens is 2. The first-order chi connectivity index (χ1) is 7.27. The third kappa shape index (κ3) is 2.45. The number of nitrogens with zero attached hydrogens (tertiary/aromatic N) is 2. The summed E-state index contributed by atoms with van der Waals surface area (Å²) >= 11 is 0. The third-order valence-corrected chi connectivity index (χ3v) is 3.01. The molecule has 1 unspecified atom stereocenters. The van der Waals surface area contributed by atoms with E-state index < -0.39 is 0 Å². The lowest BCUT2D eigenvalue weighted by Gasteiger charge is -2.06. The van der Waals surface area contributed by atoms with Crippen molar-refractivity contribution in [1.29, 1.82) is 0 Å². The summed E-state index contributed by atoms with van der Waals surface area (Å²) in [6.07, 6.45) is 6.29. The molecular weight excluding hydrogens is 190 g/mol. The van der Waals surface area contributed by atoms with Crippen LogP contribution in [0.1, 0.15) is 29.9 Å². The van der Waals surface area contributed by atoms with Crippen molar-refractivity contribution in [3.8, 4) is 0 Å². The van der Waals surface area contributed by atoms with Gasteiger partial charge in [0.15, 0.2) is 11.6 Å². The fraction of sp³-hybridized carbons (Fsp3) is 0.636. The molecule has 0 amide bonds. The Morgan fingerprint density at radius 2 is 2.60 bits per heavy atom. The summed E-state index contributed by atoms with van der Waals surface area (Å²) in [7, 11) is 1.86. The highest BCUT2D eigenvalue weighted by Gasteiger charge is 2.17. The van der Waals surface area contributed by atoms with Crippen LogP contribution in [0.2, 0.25) is 0 Å². The first kappa shape index (κ1) is 10.4. The number of aryl methyl sites for hydroxylation is 1. The van der Waals surface area contributed by atoms with E-state index in [2.05, 4.69) is 10.3 Å². The molecule has 1 aromatic heterocycles. The second-order valence-corrected chi connectivity index (χ2v) is 4.18. The summed E-state index contributed by atoms with van der Waals surface area (Å²) in [4.78, 5) is 15.8. The van der Waals surface area contributed by atoms with E-state index in [1.54, 1.807) is 10.8 Å². The molecule has 1 atom stereocenters. The van der Waals surface area contributed by atoms with E-state index in [1.165, 1.54) is 6.42 Å². The molecule has 0 saturated carbocycles. The Morgan fingerprint density at radius 3 is 3.20 bits per heavy atom. The Hall–Kier alpha value is -1.16. The highest BCUT2D eigenvalue weighted by atomic mass is 16.1. The molecule has 0 radical (unpaired) electrons. The number of imidazole rings is 1. The van der Waals surface area contributed by atoms with Gasteiger partial charge in [-0.25, -0.2) is 4.98 Å². The molecule has 15 heavy (non-hydrogen) atoms. The molecular formula is C11H17N3O. The van der Waals surface area contributed by atoms with Gasteiger partial charge in [0.1, 0.15) is 0 Å². The van der Waals surface area contributed by atoms with Crippen LogP contribution < -0.4 is 5.32 Å². The normalized spacial score (nSPS) is 20.7. The smallest absolute Gasteiger partial charge is 0.198 e. The van der Waals surface area contributed by atoms with Gasteiger partial charge in [0.2, 0.25) is 0 Å². The number of Topliss-reactive ketones (excluding diaryl/α,β-unsaturated/α-hetero) is 1. The number of carbonyl (C=O) groups excluding carboxylic acids is 1. The topological polar surface area (TPSA) is 46.9 Å². The molecule has 1 aliphatic heterocycles. The molecule has 1 fully saturated rings. The van der Waals surface area contributed by atoms with Gasteiger partial charge in [-0.15, -0.1) is 0 Å². The minimum Gasteiger partial charge on any atom is -0.332 e. The van der Waals surface area contributed by atoms with Crippen molar-refractivity contribution >= 4 is 5.78 Å². The minimum absolute atomic E-state index is 0.161. The Labute approximate surface area is 89.7 Å². The lowest BCUT2D eigenvalue weighted by atomic mass is 10.0. The fourth-order valence-electron chi connectivity index (χ4n) is 2.04. The van der Waals surface area contributed by atoms with Gasteiger partial charge in [-0.05, 0) is 31.8 Å². The van der Waals surface area contributed by atoms with Gasteiger partial charge in [-0.2, -0.15) is 0 Å². The molecule has 4 nitrogen and oxygen atoms in total. The van der Waals surface area contributed by atoms with Crippen molar-refractivity contribution in [3.05, 3.63) is 18.2 Å². The first-order valence-electron chi connectivity index (χ1n) is 5.48. The number of ketones is 1. The van der Waals surface area contributed by atoms with E-state index in [-0.39, 0.29) is 5.78 Å². The largest absolute Gasteiger partial charge is 0.332 e. The van der Waals surface area contributed by atoms with Crippen LogP contribution in [0.15, 0.2) is 12.4 Å². The average molecular weight is 207 g/mol. The highest BCUT2D eigenvalue weighted by Crippen LogP contribution is 2.15. The van der Waals surface area contributed by atoms with Crippen molar-refractivity contribution in [2.45, 2.75) is 19.3 Å². The lowest BCUT2D eigenvalue weighted by Crippen LogP contribution is -2.12. The van der Waals surface area contributed by atoms with Crippen molar-refractivity contribution in [2.24, 2.45) is 13.0 Å². The third-order valence-electron chi connectivity index (χ3n) is 3.01. The average Bonchev–Trinajstić information content (AvgIpc) is 2.84. The van der Waals surface area contributed by atoms with E-state index in [0.717, 1.165) is 19.5 Å². The summed E-state index contributed by atoms with van der Waals surface area (Å²) in [6, 6.07) is 0. The molecule has 82 valence electrons. The van der Waals surface area contributed by atoms with Gasteiger partial charge in [0, 0.05) is 25.9 Å². The van der Waals surface area contributed by atoms with Gasteiger partial charge >= 0.3 is 0 Å². The zero-order valence-electron chi connectivity index (χ0n) is 9.07. The van der Waals surface area contributed by atoms with E-state index in [0.29, 0.717) is 18.2 Å². The Morgan fingerprint density at radius 1 is 1.73 bits per heavy atom. The van der Waals surface area contributed by atoms with Gasteiger partial charge in [0.05, 0.1) is 0 Å². The molecule has 0 bridgehead atoms. The van der Waals surface area contributed by atoms with Crippen LogP contribution in [0.25, 0.3) is 0 Å². The number of carbonyl (C=O) groups is 1. The molecule has 0 aromatic carbocycles. The number of hydrogen-bond acceptors (Lipinski definition) is 3. The minimum atomic E-state index is 0.161. The second kappa shape index (κ2) is 4.57. The fourth-order valence-corrected chi connectivity index (χ4v) is 2.04. The quantitative estimate of drug-likeness (QED) is 0.749. The molecule has 2 rings (SSSR count). The molecule has 4 heteroatoms. The molecule has 1 saturated heterocycles. The maximum absolute atomic E-state index is 11.8. The van der Waals surface area contributed by atoms with Crippen LogP contribution in [-0.4, -0.2) is 28.4 Å². The van der Waals surface area contributed by atoms with Gasteiger partial charge in [-0.1, -0.05) is 0 Å². The second-order valence-electron chi connectivity index (χ2n) is 4.18. The maximum atomic E-state index is 11.8. The number of nitrogens with one attached hydrogen (secondary N) is 1. The van der Waals surface area contributed by atoms with Crippen molar-refractivity contribution in [3.63, 3.8) is 0 Å². The van der Waals surface area contributed by atoms with Gasteiger partial charge in [-0.3, -0.25) is 4.79 Å². The van der Waals surface area contributed by atoms with Crippen molar-refractivity contribution < 1.29 is 4.79 Å². The van der Waals surface area contributed by atoms with E-state index in [1.807, 2.05) is 13.2 Å². The number of hydrogen-bond donors (Lipinski definition) is 1. The van der Waals surface area contributed by atoms with Gasteiger partial charge in [0.25, 0.3) is 0 Å². The summed E-state index contributed by atoms with van der Waals surface area (Å²) in [5.74, 6) is 1.42. The predicted molar refractivity (Wildman–Crippen MR) is 57.7 cm³/mol. The molecule has 0 aliphatic carbocycles. The summed E-state index contributed by atoms with van der Waals surface area (Å²) < 4.78 is 1.79. The van der Waals surface area contributed by atoms with E-state index in [4.69, 9.17) is 0 Å². The summed E-state index contributed by atoms with van der Waals surface area (Å²) in [6.45, 7) is 2.16. The molecule has 0 spiro atoms. The molecule has 1 aromatic rings. The van der Waals surface area contributed by atoms with Crippen LogP contribution >= 0.6 is 0 Å². The van der Waals surface area contributed by atoms with Crippen LogP contribution in [0.5, 0.6) is 0 Å². The zero-order chi connectivity index (χ0) is 10.7. The van der Waals surface area contributed by atoms with Crippen LogP contribution in [0.3, 0.4) is 0 Å². The summed E-state index contributed by atoms with van der Waals surface area (Å²) in [5.41, 5.74) is 0. The standard InChI is InChI=1S/C11H17N3O/c1-14-7-6-13-11(14)10(15)3-2-9-4-5-12-8-9/h6-7,9,12H,2-5,8H2,1H3. The lowest BCUT2D eigenvalue weighted by molar-refractivity contribution is 0.0961. The monoisotopic (exact) mass is 207 g/mol. The zero-order valence-corrected chi connectivity index (χ0v) is 9.07. The molecule has 1 N–H and O–H groups in total. The SMILES string of the molecule is Cn1ccnc1C(=O)CCC1CCNC1. The molecule has 2 heterocycles. The van der Waals surface area contributed by atoms with Crippen LogP contribution in [0.4, 0.5) is 0 Å². The first-order valence-corrected chi connectivity index (χ1v) is 5.48. The van der Waals surface area contributed by atoms with E-state index >= 15 is 0 Å². The van der Waals surface area contributed by atoms with Crippen LogP contribution in [-0.2, 0) is 7.05 Å². The maximum Gasteiger partial charge on any atom is 0.198 e.